The van der Waals surface area contributed by atoms with E-state index in [0.717, 1.165) is 17.9 Å². The lowest BCUT2D eigenvalue weighted by atomic mass is 10.0. The Bertz CT molecular complexity index is 1090. The molecule has 0 bridgehead atoms. The van der Waals surface area contributed by atoms with E-state index in [-0.39, 0.29) is 5.91 Å². The highest BCUT2D eigenvalue weighted by Gasteiger charge is 2.11. The van der Waals surface area contributed by atoms with Crippen LogP contribution in [0.15, 0.2) is 48.5 Å². The van der Waals surface area contributed by atoms with Gasteiger partial charge in [0, 0.05) is 30.1 Å². The first kappa shape index (κ1) is 31.2. The van der Waals surface area contributed by atoms with Crippen LogP contribution < -0.4 is 5.32 Å². The zero-order chi connectivity index (χ0) is 27.5. The number of para-hydroxylation sites is 2. The van der Waals surface area contributed by atoms with Crippen LogP contribution in [0.4, 0.5) is 0 Å². The maximum atomic E-state index is 12.5. The number of imidazole rings is 1. The molecule has 0 atom stereocenters. The van der Waals surface area contributed by atoms with E-state index in [4.69, 9.17) is 16.6 Å². The smallest absolute Gasteiger partial charge is 0.251 e. The number of carbonyl (C=O) groups excluding carboxylic acids is 1. The second kappa shape index (κ2) is 18.9. The van der Waals surface area contributed by atoms with Crippen LogP contribution in [0.5, 0.6) is 0 Å². The molecule has 0 aliphatic rings. The van der Waals surface area contributed by atoms with Gasteiger partial charge >= 0.3 is 0 Å². The minimum absolute atomic E-state index is 0.0991. The number of unbranched alkanes of at least 4 members (excludes halogenated alkanes) is 15. The van der Waals surface area contributed by atoms with E-state index in [9.17, 15) is 4.79 Å². The van der Waals surface area contributed by atoms with E-state index in [1.54, 1.807) is 24.3 Å². The van der Waals surface area contributed by atoms with Crippen molar-refractivity contribution in [3.63, 3.8) is 0 Å². The molecule has 0 spiro atoms. The molecule has 0 fully saturated rings. The zero-order valence-electron chi connectivity index (χ0n) is 24.2. The van der Waals surface area contributed by atoms with Gasteiger partial charge in [0.05, 0.1) is 11.0 Å². The molecule has 3 rings (SSSR count). The minimum Gasteiger partial charge on any atom is -0.352 e. The molecule has 1 heterocycles. The Hall–Kier alpha value is -2.33. The van der Waals surface area contributed by atoms with Crippen molar-refractivity contribution < 1.29 is 4.79 Å². The molecule has 0 aliphatic heterocycles. The van der Waals surface area contributed by atoms with Gasteiger partial charge in [-0.15, -0.1) is 0 Å². The fourth-order valence-electron chi connectivity index (χ4n) is 5.40. The molecule has 214 valence electrons. The van der Waals surface area contributed by atoms with Crippen molar-refractivity contribution in [3.05, 3.63) is 64.9 Å². The largest absolute Gasteiger partial charge is 0.352 e. The molecule has 39 heavy (non-hydrogen) atoms. The van der Waals surface area contributed by atoms with Gasteiger partial charge in [-0.3, -0.25) is 4.79 Å². The number of nitrogens with one attached hydrogen (secondary N) is 1. The topological polar surface area (TPSA) is 46.9 Å². The first-order valence-electron chi connectivity index (χ1n) is 15.7. The summed E-state index contributed by atoms with van der Waals surface area (Å²) in [6.45, 7) is 3.82. The van der Waals surface area contributed by atoms with Crippen LogP contribution >= 0.6 is 11.6 Å². The van der Waals surface area contributed by atoms with Crippen molar-refractivity contribution in [1.29, 1.82) is 0 Å². The van der Waals surface area contributed by atoms with Crippen LogP contribution in [0, 0.1) is 0 Å². The molecule has 0 unspecified atom stereocenters. The summed E-state index contributed by atoms with van der Waals surface area (Å²) in [4.78, 5) is 17.4. The number of nitrogens with zero attached hydrogens (tertiary/aromatic N) is 2. The van der Waals surface area contributed by atoms with Crippen molar-refractivity contribution in [2.75, 3.05) is 6.54 Å². The first-order chi connectivity index (χ1) is 19.2. The second-order valence-electron chi connectivity index (χ2n) is 11.0. The minimum atomic E-state index is -0.0991. The summed E-state index contributed by atoms with van der Waals surface area (Å²) in [6, 6.07) is 15.4. The summed E-state index contributed by atoms with van der Waals surface area (Å²) < 4.78 is 2.35. The predicted molar refractivity (Wildman–Crippen MR) is 167 cm³/mol. The standard InChI is InChI=1S/C34H50ClN3O/c1-2-3-4-5-6-7-8-9-10-11-12-13-14-15-16-19-27-38-32-24-18-17-23-31(32)37-33(38)25-26-36-34(39)29-21-20-22-30(35)28-29/h17-18,20-24,28H,2-16,19,25-27H2,1H3,(H,36,39). The SMILES string of the molecule is CCCCCCCCCCCCCCCCCCn1c(CCNC(=O)c2cccc(Cl)c2)nc2ccccc21. The van der Waals surface area contributed by atoms with Crippen LogP contribution in [0.25, 0.3) is 11.0 Å². The Morgan fingerprint density at radius 3 is 1.97 bits per heavy atom. The summed E-state index contributed by atoms with van der Waals surface area (Å²) >= 11 is 6.03. The molecule has 4 nitrogen and oxygen atoms in total. The normalized spacial score (nSPS) is 11.3. The van der Waals surface area contributed by atoms with E-state index in [1.165, 1.54) is 108 Å². The number of aromatic nitrogens is 2. The summed E-state index contributed by atoms with van der Waals surface area (Å²) in [5.74, 6) is 0.946. The van der Waals surface area contributed by atoms with Crippen molar-refractivity contribution in [3.8, 4) is 0 Å². The highest BCUT2D eigenvalue weighted by Crippen LogP contribution is 2.19. The molecular weight excluding hydrogens is 502 g/mol. The number of aryl methyl sites for hydroxylation is 1. The van der Waals surface area contributed by atoms with Crippen LogP contribution in [0.3, 0.4) is 0 Å². The average Bonchev–Trinajstić information content (AvgIpc) is 3.30. The number of fused-ring (bicyclic) bond motifs is 1. The van der Waals surface area contributed by atoms with Crippen molar-refractivity contribution >= 4 is 28.5 Å². The third-order valence-electron chi connectivity index (χ3n) is 7.69. The molecule has 3 aromatic rings. The zero-order valence-corrected chi connectivity index (χ0v) is 25.0. The summed E-state index contributed by atoms with van der Waals surface area (Å²) in [6.07, 6.45) is 22.8. The number of halogens is 1. The highest BCUT2D eigenvalue weighted by molar-refractivity contribution is 6.30. The van der Waals surface area contributed by atoms with Gasteiger partial charge in [-0.2, -0.15) is 0 Å². The van der Waals surface area contributed by atoms with Crippen molar-refractivity contribution in [2.24, 2.45) is 0 Å². The van der Waals surface area contributed by atoms with Gasteiger partial charge < -0.3 is 9.88 Å². The van der Waals surface area contributed by atoms with Gasteiger partial charge in [-0.05, 0) is 36.8 Å². The Labute approximate surface area is 241 Å². The quantitative estimate of drug-likeness (QED) is 0.134. The average molecular weight is 552 g/mol. The number of benzene rings is 2. The van der Waals surface area contributed by atoms with Gasteiger partial charge in [-0.1, -0.05) is 133 Å². The van der Waals surface area contributed by atoms with E-state index < -0.39 is 0 Å². The Morgan fingerprint density at radius 2 is 1.36 bits per heavy atom. The van der Waals surface area contributed by atoms with E-state index >= 15 is 0 Å². The van der Waals surface area contributed by atoms with Crippen LogP contribution in [0.1, 0.15) is 126 Å². The summed E-state index contributed by atoms with van der Waals surface area (Å²) in [7, 11) is 0. The van der Waals surface area contributed by atoms with Crippen LogP contribution in [0.2, 0.25) is 5.02 Å². The summed E-state index contributed by atoms with van der Waals surface area (Å²) in [5, 5.41) is 3.59. The van der Waals surface area contributed by atoms with E-state index in [2.05, 4.69) is 35.0 Å². The van der Waals surface area contributed by atoms with Gasteiger partial charge in [0.1, 0.15) is 5.82 Å². The number of carbonyl (C=O) groups is 1. The van der Waals surface area contributed by atoms with Crippen LogP contribution in [-0.4, -0.2) is 22.0 Å². The van der Waals surface area contributed by atoms with Gasteiger partial charge in [0.2, 0.25) is 0 Å². The van der Waals surface area contributed by atoms with Gasteiger partial charge in [-0.25, -0.2) is 4.98 Å². The lowest BCUT2D eigenvalue weighted by molar-refractivity contribution is 0.0954. The molecule has 0 saturated heterocycles. The lowest BCUT2D eigenvalue weighted by Gasteiger charge is -2.10. The van der Waals surface area contributed by atoms with Gasteiger partial charge in [0.15, 0.2) is 0 Å². The summed E-state index contributed by atoms with van der Waals surface area (Å²) in [5.41, 5.74) is 2.81. The number of amides is 1. The second-order valence-corrected chi connectivity index (χ2v) is 11.4. The Morgan fingerprint density at radius 1 is 0.769 bits per heavy atom. The highest BCUT2D eigenvalue weighted by atomic mass is 35.5. The molecule has 5 heteroatoms. The third-order valence-corrected chi connectivity index (χ3v) is 7.92. The first-order valence-corrected chi connectivity index (χ1v) is 16.0. The lowest BCUT2D eigenvalue weighted by Crippen LogP contribution is -2.26. The molecule has 0 aliphatic carbocycles. The molecule has 0 saturated carbocycles. The maximum Gasteiger partial charge on any atom is 0.251 e. The molecule has 1 aromatic heterocycles. The Kier molecular flexibility index (Phi) is 15.1. The number of hydrogen-bond acceptors (Lipinski definition) is 2. The molecule has 1 N–H and O–H groups in total. The number of hydrogen-bond donors (Lipinski definition) is 1. The van der Waals surface area contributed by atoms with E-state index in [0.29, 0.717) is 23.6 Å². The van der Waals surface area contributed by atoms with Crippen molar-refractivity contribution in [2.45, 2.75) is 123 Å². The maximum absolute atomic E-state index is 12.5. The number of rotatable bonds is 21. The molecule has 1 amide bonds. The third kappa shape index (κ3) is 11.7. The monoisotopic (exact) mass is 551 g/mol. The van der Waals surface area contributed by atoms with Gasteiger partial charge in [0.25, 0.3) is 5.91 Å². The molecule has 2 aromatic carbocycles. The molecular formula is C34H50ClN3O. The van der Waals surface area contributed by atoms with Crippen molar-refractivity contribution in [1.82, 2.24) is 14.9 Å². The fraction of sp³-hybridized carbons (Fsp3) is 0.588. The fourth-order valence-corrected chi connectivity index (χ4v) is 5.59. The predicted octanol–water partition coefficient (Wildman–Crippen LogP) is 9.92. The Balaban J connectivity index is 1.29. The van der Waals surface area contributed by atoms with Crippen LogP contribution in [-0.2, 0) is 13.0 Å². The molecule has 0 radical (unpaired) electrons. The van der Waals surface area contributed by atoms with E-state index in [1.807, 2.05) is 6.07 Å².